The third kappa shape index (κ3) is 3.45. The van der Waals surface area contributed by atoms with Crippen LogP contribution in [-0.4, -0.2) is 15.9 Å². The van der Waals surface area contributed by atoms with Gasteiger partial charge in [-0.05, 0) is 35.4 Å². The Labute approximate surface area is 139 Å². The molecule has 0 aliphatic carbocycles. The second-order valence-electron chi connectivity index (χ2n) is 5.32. The van der Waals surface area contributed by atoms with Crippen molar-refractivity contribution in [3.05, 3.63) is 83.4 Å². The van der Waals surface area contributed by atoms with E-state index in [0.717, 1.165) is 16.7 Å². The van der Waals surface area contributed by atoms with E-state index in [2.05, 4.69) is 16.0 Å². The molecule has 5 nitrogen and oxygen atoms in total. The summed E-state index contributed by atoms with van der Waals surface area (Å²) in [6.07, 6.45) is 4.03. The fraction of sp³-hybridized carbons (Fsp3) is 0.0526. The molecule has 0 saturated carbocycles. The van der Waals surface area contributed by atoms with Gasteiger partial charge in [-0.3, -0.25) is 4.79 Å². The van der Waals surface area contributed by atoms with E-state index in [4.69, 9.17) is 11.0 Å². The first-order valence-electron chi connectivity index (χ1n) is 7.36. The fourth-order valence-corrected chi connectivity index (χ4v) is 2.35. The smallest absolute Gasteiger partial charge is 0.248 e. The topological polar surface area (TPSA) is 92.7 Å². The predicted molar refractivity (Wildman–Crippen MR) is 89.9 cm³/mol. The van der Waals surface area contributed by atoms with Crippen molar-refractivity contribution in [2.45, 2.75) is 6.42 Å². The molecule has 0 radical (unpaired) electrons. The standard InChI is InChI=1S/C19H14N4O/c20-10-13-4-6-15(7-5-13)17-11-22-18(23-12-17)9-14-2-1-3-16(8-14)19(21)24/h1-8,11-12H,9H2,(H2,21,24). The Morgan fingerprint density at radius 3 is 2.38 bits per heavy atom. The molecule has 1 aromatic heterocycles. The molecule has 5 heteroatoms. The minimum atomic E-state index is -0.450. The first-order chi connectivity index (χ1) is 11.7. The van der Waals surface area contributed by atoms with Crippen molar-refractivity contribution in [1.29, 1.82) is 5.26 Å². The third-order valence-electron chi connectivity index (χ3n) is 3.63. The van der Waals surface area contributed by atoms with Crippen LogP contribution in [0.1, 0.15) is 27.3 Å². The Kier molecular flexibility index (Phi) is 4.30. The second kappa shape index (κ2) is 6.71. The monoisotopic (exact) mass is 314 g/mol. The molecule has 0 atom stereocenters. The van der Waals surface area contributed by atoms with Gasteiger partial charge >= 0.3 is 0 Å². The maximum absolute atomic E-state index is 11.2. The lowest BCUT2D eigenvalue weighted by Crippen LogP contribution is -2.11. The van der Waals surface area contributed by atoms with Crippen LogP contribution in [0.2, 0.25) is 0 Å². The van der Waals surface area contributed by atoms with Gasteiger partial charge in [0.15, 0.2) is 0 Å². The predicted octanol–water partition coefficient (Wildman–Crippen LogP) is 2.70. The van der Waals surface area contributed by atoms with E-state index < -0.39 is 5.91 Å². The van der Waals surface area contributed by atoms with Crippen LogP contribution in [0.25, 0.3) is 11.1 Å². The van der Waals surface area contributed by atoms with E-state index in [1.165, 1.54) is 0 Å². The molecule has 2 aromatic carbocycles. The Morgan fingerprint density at radius 2 is 1.75 bits per heavy atom. The number of carbonyl (C=O) groups excluding carboxylic acids is 1. The molecule has 0 fully saturated rings. The first kappa shape index (κ1) is 15.4. The van der Waals surface area contributed by atoms with Crippen LogP contribution in [0.5, 0.6) is 0 Å². The van der Waals surface area contributed by atoms with Gasteiger partial charge in [0.1, 0.15) is 5.82 Å². The van der Waals surface area contributed by atoms with Crippen molar-refractivity contribution in [2.75, 3.05) is 0 Å². The van der Waals surface area contributed by atoms with E-state index in [9.17, 15) is 4.79 Å². The molecular weight excluding hydrogens is 300 g/mol. The van der Waals surface area contributed by atoms with E-state index >= 15 is 0 Å². The third-order valence-corrected chi connectivity index (χ3v) is 3.63. The van der Waals surface area contributed by atoms with Gasteiger partial charge in [-0.25, -0.2) is 9.97 Å². The summed E-state index contributed by atoms with van der Waals surface area (Å²) in [5.41, 5.74) is 9.15. The SMILES string of the molecule is N#Cc1ccc(-c2cnc(Cc3cccc(C(N)=O)c3)nc2)cc1. The van der Waals surface area contributed by atoms with Crippen LogP contribution in [0, 0.1) is 11.3 Å². The average Bonchev–Trinajstić information content (AvgIpc) is 2.63. The van der Waals surface area contributed by atoms with Gasteiger partial charge in [-0.2, -0.15) is 5.26 Å². The number of rotatable bonds is 4. The molecule has 0 unspecified atom stereocenters. The minimum Gasteiger partial charge on any atom is -0.366 e. The van der Waals surface area contributed by atoms with E-state index in [-0.39, 0.29) is 0 Å². The summed E-state index contributed by atoms with van der Waals surface area (Å²) in [5, 5.41) is 8.83. The molecule has 0 bridgehead atoms. The summed E-state index contributed by atoms with van der Waals surface area (Å²) in [7, 11) is 0. The molecule has 1 heterocycles. The summed E-state index contributed by atoms with van der Waals surface area (Å²) in [6, 6.07) is 16.5. The lowest BCUT2D eigenvalue weighted by Gasteiger charge is -2.05. The number of nitriles is 1. The highest BCUT2D eigenvalue weighted by atomic mass is 16.1. The largest absolute Gasteiger partial charge is 0.366 e. The van der Waals surface area contributed by atoms with Crippen LogP contribution >= 0.6 is 0 Å². The lowest BCUT2D eigenvalue weighted by atomic mass is 10.1. The highest BCUT2D eigenvalue weighted by Crippen LogP contribution is 2.18. The van der Waals surface area contributed by atoms with Crippen molar-refractivity contribution in [3.63, 3.8) is 0 Å². The number of primary amides is 1. The molecule has 24 heavy (non-hydrogen) atoms. The molecule has 2 N–H and O–H groups in total. The quantitative estimate of drug-likeness (QED) is 0.801. The molecule has 116 valence electrons. The molecular formula is C19H14N4O. The zero-order valence-electron chi connectivity index (χ0n) is 12.8. The van der Waals surface area contributed by atoms with Gasteiger partial charge < -0.3 is 5.73 Å². The Balaban J connectivity index is 1.78. The first-order valence-corrected chi connectivity index (χ1v) is 7.36. The lowest BCUT2D eigenvalue weighted by molar-refractivity contribution is 0.1000. The second-order valence-corrected chi connectivity index (χ2v) is 5.32. The summed E-state index contributed by atoms with van der Waals surface area (Å²) in [6.45, 7) is 0. The number of aromatic nitrogens is 2. The number of nitrogens with zero attached hydrogens (tertiary/aromatic N) is 3. The number of hydrogen-bond acceptors (Lipinski definition) is 4. The number of carbonyl (C=O) groups is 1. The molecule has 0 aliphatic rings. The highest BCUT2D eigenvalue weighted by Gasteiger charge is 2.05. The van der Waals surface area contributed by atoms with Crippen molar-refractivity contribution in [2.24, 2.45) is 5.73 Å². The number of nitrogens with two attached hydrogens (primary N) is 1. The van der Waals surface area contributed by atoms with Crippen molar-refractivity contribution >= 4 is 5.91 Å². The van der Waals surface area contributed by atoms with E-state index in [1.54, 1.807) is 42.7 Å². The van der Waals surface area contributed by atoms with Crippen LogP contribution < -0.4 is 5.73 Å². The zero-order valence-corrected chi connectivity index (χ0v) is 12.8. The van der Waals surface area contributed by atoms with Crippen LogP contribution in [0.15, 0.2) is 60.9 Å². The zero-order chi connectivity index (χ0) is 16.9. The Morgan fingerprint density at radius 1 is 1.04 bits per heavy atom. The maximum Gasteiger partial charge on any atom is 0.248 e. The average molecular weight is 314 g/mol. The number of hydrogen-bond donors (Lipinski definition) is 1. The Hall–Kier alpha value is -3.52. The van der Waals surface area contributed by atoms with Crippen molar-refractivity contribution < 1.29 is 4.79 Å². The molecule has 0 saturated heterocycles. The van der Waals surface area contributed by atoms with Gasteiger partial charge in [0.25, 0.3) is 0 Å². The molecule has 3 rings (SSSR count). The van der Waals surface area contributed by atoms with Crippen molar-refractivity contribution in [3.8, 4) is 17.2 Å². The molecule has 1 amide bonds. The highest BCUT2D eigenvalue weighted by molar-refractivity contribution is 5.92. The fourth-order valence-electron chi connectivity index (χ4n) is 2.35. The van der Waals surface area contributed by atoms with Gasteiger partial charge in [-0.15, -0.1) is 0 Å². The van der Waals surface area contributed by atoms with Crippen LogP contribution in [0.4, 0.5) is 0 Å². The summed E-state index contributed by atoms with van der Waals surface area (Å²) in [5.74, 6) is 0.211. The van der Waals surface area contributed by atoms with Crippen LogP contribution in [0.3, 0.4) is 0 Å². The number of amides is 1. The summed E-state index contributed by atoms with van der Waals surface area (Å²) >= 11 is 0. The summed E-state index contributed by atoms with van der Waals surface area (Å²) in [4.78, 5) is 20.0. The van der Waals surface area contributed by atoms with Gasteiger partial charge in [-0.1, -0.05) is 24.3 Å². The number of benzene rings is 2. The Bertz CT molecular complexity index is 909. The normalized spacial score (nSPS) is 10.1. The van der Waals surface area contributed by atoms with E-state index in [1.807, 2.05) is 18.2 Å². The molecule has 0 aliphatic heterocycles. The van der Waals surface area contributed by atoms with Gasteiger partial charge in [0.05, 0.1) is 11.6 Å². The molecule has 3 aromatic rings. The van der Waals surface area contributed by atoms with Gasteiger partial charge in [0, 0.05) is 29.9 Å². The minimum absolute atomic E-state index is 0.450. The van der Waals surface area contributed by atoms with Crippen LogP contribution in [-0.2, 0) is 6.42 Å². The molecule has 0 spiro atoms. The van der Waals surface area contributed by atoms with Gasteiger partial charge in [0.2, 0.25) is 5.91 Å². The maximum atomic E-state index is 11.2. The van der Waals surface area contributed by atoms with E-state index in [0.29, 0.717) is 23.4 Å². The van der Waals surface area contributed by atoms with Crippen molar-refractivity contribution in [1.82, 2.24) is 9.97 Å². The summed E-state index contributed by atoms with van der Waals surface area (Å²) < 4.78 is 0.